The summed E-state index contributed by atoms with van der Waals surface area (Å²) in [7, 11) is 1.81. The van der Waals surface area contributed by atoms with Crippen molar-refractivity contribution < 1.29 is 18.0 Å². The van der Waals surface area contributed by atoms with Gasteiger partial charge in [0.2, 0.25) is 5.91 Å². The zero-order chi connectivity index (χ0) is 27.9. The van der Waals surface area contributed by atoms with E-state index in [1.165, 1.54) is 11.3 Å². The van der Waals surface area contributed by atoms with E-state index in [-0.39, 0.29) is 5.92 Å². The van der Waals surface area contributed by atoms with Crippen LogP contribution in [0, 0.1) is 0 Å². The predicted octanol–water partition coefficient (Wildman–Crippen LogP) is 6.10. The van der Waals surface area contributed by atoms with Crippen LogP contribution in [0.2, 0.25) is 10.0 Å². The molecule has 1 saturated heterocycles. The van der Waals surface area contributed by atoms with Crippen LogP contribution in [0.15, 0.2) is 52.8 Å². The predicted molar refractivity (Wildman–Crippen MR) is 144 cm³/mol. The van der Waals surface area contributed by atoms with Gasteiger partial charge in [0.1, 0.15) is 17.9 Å². The molecule has 0 saturated carbocycles. The topological polar surface area (TPSA) is 73.0 Å². The fourth-order valence-electron chi connectivity index (χ4n) is 4.61. The van der Waals surface area contributed by atoms with E-state index in [1.807, 2.05) is 18.5 Å². The number of alkyl halides is 3. The van der Waals surface area contributed by atoms with Crippen molar-refractivity contribution in [3.63, 3.8) is 0 Å². The van der Waals surface area contributed by atoms with Crippen LogP contribution in [0.3, 0.4) is 0 Å². The van der Waals surface area contributed by atoms with Gasteiger partial charge in [-0.2, -0.15) is 18.3 Å². The number of likely N-dealkylation sites (tertiary alicyclic amines) is 1. The number of piperidine rings is 1. The second-order valence-electron chi connectivity index (χ2n) is 9.24. The fourth-order valence-corrected chi connectivity index (χ4v) is 6.18. The van der Waals surface area contributed by atoms with Crippen LogP contribution in [0.1, 0.15) is 29.3 Å². The molecule has 5 rings (SSSR count). The average molecular weight is 596 g/mol. The summed E-state index contributed by atoms with van der Waals surface area (Å²) in [5.41, 5.74) is 1.25. The number of hydrogen-bond acceptors (Lipinski definition) is 5. The van der Waals surface area contributed by atoms with Gasteiger partial charge in [-0.3, -0.25) is 14.3 Å². The van der Waals surface area contributed by atoms with Gasteiger partial charge in [-0.15, -0.1) is 11.3 Å². The van der Waals surface area contributed by atoms with Crippen LogP contribution in [0.4, 0.5) is 13.2 Å². The van der Waals surface area contributed by atoms with Crippen molar-refractivity contribution in [2.45, 2.75) is 31.5 Å². The van der Waals surface area contributed by atoms with Gasteiger partial charge >= 0.3 is 6.18 Å². The van der Waals surface area contributed by atoms with E-state index in [0.717, 1.165) is 33.1 Å². The maximum Gasteiger partial charge on any atom is 0.417 e. The molecule has 3 aromatic heterocycles. The number of aryl methyl sites for hydroxylation is 1. The molecule has 204 valence electrons. The Morgan fingerprint density at radius 3 is 2.46 bits per heavy atom. The molecule has 4 aromatic rings. The van der Waals surface area contributed by atoms with Gasteiger partial charge < -0.3 is 9.47 Å². The lowest BCUT2D eigenvalue weighted by Crippen LogP contribution is -2.41. The summed E-state index contributed by atoms with van der Waals surface area (Å²) in [5.74, 6) is -0.265. The number of nitrogens with zero attached hydrogens (tertiary/aromatic N) is 5. The SMILES string of the molecule is Cn1nc(-c2csc(C3CCN(C(=O)Cn4cc(C(F)(F)F)ccc4=O)CC3)n2)cc1-c1c(Cl)cccc1Cl. The van der Waals surface area contributed by atoms with Crippen molar-refractivity contribution >= 4 is 40.4 Å². The van der Waals surface area contributed by atoms with E-state index >= 15 is 0 Å². The second kappa shape index (κ2) is 10.8. The third-order valence-electron chi connectivity index (χ3n) is 6.70. The lowest BCUT2D eigenvalue weighted by atomic mass is 9.97. The molecule has 1 fully saturated rings. The first-order chi connectivity index (χ1) is 18.5. The van der Waals surface area contributed by atoms with Crippen LogP contribution >= 0.6 is 34.5 Å². The molecule has 1 aliphatic heterocycles. The zero-order valence-electron chi connectivity index (χ0n) is 20.6. The van der Waals surface area contributed by atoms with Gasteiger partial charge in [-0.1, -0.05) is 29.3 Å². The fraction of sp³-hybridized carbons (Fsp3) is 0.308. The summed E-state index contributed by atoms with van der Waals surface area (Å²) in [4.78, 5) is 31.1. The summed E-state index contributed by atoms with van der Waals surface area (Å²) < 4.78 is 41.5. The highest BCUT2D eigenvalue weighted by molar-refractivity contribution is 7.10. The number of pyridine rings is 1. The van der Waals surface area contributed by atoms with Crippen molar-refractivity contribution in [2.24, 2.45) is 7.05 Å². The molecule has 1 aromatic carbocycles. The van der Waals surface area contributed by atoms with Gasteiger partial charge in [-0.05, 0) is 37.1 Å². The summed E-state index contributed by atoms with van der Waals surface area (Å²) in [6.07, 6.45) is -2.60. The lowest BCUT2D eigenvalue weighted by Gasteiger charge is -2.31. The van der Waals surface area contributed by atoms with E-state index in [2.05, 4.69) is 5.10 Å². The van der Waals surface area contributed by atoms with E-state index in [4.69, 9.17) is 28.2 Å². The molecule has 0 atom stereocenters. The summed E-state index contributed by atoms with van der Waals surface area (Å²) in [6.45, 7) is 0.405. The smallest absolute Gasteiger partial charge is 0.341 e. The molecule has 0 spiro atoms. The van der Waals surface area contributed by atoms with Crippen LogP contribution in [-0.2, 0) is 24.6 Å². The van der Waals surface area contributed by atoms with Crippen molar-refractivity contribution in [1.82, 2.24) is 24.2 Å². The van der Waals surface area contributed by atoms with Gasteiger partial charge in [0.15, 0.2) is 0 Å². The normalized spacial score (nSPS) is 14.7. The number of halogens is 5. The maximum atomic E-state index is 13.0. The van der Waals surface area contributed by atoms with Gasteiger partial charge in [0.25, 0.3) is 5.56 Å². The molecular weight excluding hydrogens is 574 g/mol. The Bertz CT molecular complexity index is 1570. The highest BCUT2D eigenvalue weighted by atomic mass is 35.5. The number of aromatic nitrogens is 4. The largest absolute Gasteiger partial charge is 0.417 e. The second-order valence-corrected chi connectivity index (χ2v) is 10.9. The number of rotatable bonds is 5. The first kappa shape index (κ1) is 27.4. The van der Waals surface area contributed by atoms with Crippen LogP contribution in [-0.4, -0.2) is 43.2 Å². The Kier molecular flexibility index (Phi) is 7.58. The monoisotopic (exact) mass is 595 g/mol. The minimum absolute atomic E-state index is 0.130. The van der Waals surface area contributed by atoms with Gasteiger partial charge in [0, 0.05) is 49.3 Å². The Balaban J connectivity index is 1.24. The van der Waals surface area contributed by atoms with Crippen molar-refractivity contribution in [1.29, 1.82) is 0 Å². The molecule has 1 amide bonds. The summed E-state index contributed by atoms with van der Waals surface area (Å²) >= 11 is 14.3. The molecular formula is C26H22Cl2F3N5O2S. The molecule has 0 aliphatic carbocycles. The minimum atomic E-state index is -4.60. The number of carbonyl (C=O) groups excluding carboxylic acids is 1. The number of amides is 1. The molecule has 0 bridgehead atoms. The lowest BCUT2D eigenvalue weighted by molar-refractivity contribution is -0.139. The van der Waals surface area contributed by atoms with Crippen LogP contribution in [0.25, 0.3) is 22.6 Å². The molecule has 0 radical (unpaired) electrons. The minimum Gasteiger partial charge on any atom is -0.341 e. The van der Waals surface area contributed by atoms with Crippen molar-refractivity contribution in [2.75, 3.05) is 13.1 Å². The van der Waals surface area contributed by atoms with Crippen LogP contribution in [0.5, 0.6) is 0 Å². The Labute approximate surface area is 235 Å². The number of thiazole rings is 1. The van der Waals surface area contributed by atoms with E-state index < -0.39 is 29.8 Å². The number of carbonyl (C=O) groups is 1. The van der Waals surface area contributed by atoms with Crippen LogP contribution < -0.4 is 5.56 Å². The zero-order valence-corrected chi connectivity index (χ0v) is 22.9. The maximum absolute atomic E-state index is 13.0. The molecule has 0 unspecified atom stereocenters. The van der Waals surface area contributed by atoms with E-state index in [0.29, 0.717) is 53.4 Å². The molecule has 0 N–H and O–H groups in total. The van der Waals surface area contributed by atoms with Crippen molar-refractivity contribution in [3.05, 3.63) is 78.9 Å². The Morgan fingerprint density at radius 2 is 1.79 bits per heavy atom. The average Bonchev–Trinajstić information content (AvgIpc) is 3.52. The quantitative estimate of drug-likeness (QED) is 0.279. The number of benzene rings is 1. The molecule has 13 heteroatoms. The third kappa shape index (κ3) is 5.75. The number of hydrogen-bond donors (Lipinski definition) is 0. The van der Waals surface area contributed by atoms with E-state index in [1.54, 1.807) is 27.8 Å². The first-order valence-electron chi connectivity index (χ1n) is 12.0. The standard InChI is InChI=1S/C26H22Cl2F3N5O2S/c1-34-21(24-17(27)3-2-4-18(24)28)11-19(33-34)20-14-39-25(32-20)15-7-9-35(10-8-15)23(38)13-36-12-16(26(29,30)31)5-6-22(36)37/h2-6,11-12,14-15H,7-10,13H2,1H3. The Hall–Kier alpha value is -3.15. The van der Waals surface area contributed by atoms with Gasteiger partial charge in [0.05, 0.1) is 26.3 Å². The highest BCUT2D eigenvalue weighted by Crippen LogP contribution is 2.37. The third-order valence-corrected chi connectivity index (χ3v) is 8.33. The van der Waals surface area contributed by atoms with Gasteiger partial charge in [-0.25, -0.2) is 4.98 Å². The summed E-state index contributed by atoms with van der Waals surface area (Å²) in [5, 5.41) is 8.50. The van der Waals surface area contributed by atoms with E-state index in [9.17, 15) is 22.8 Å². The molecule has 1 aliphatic rings. The Morgan fingerprint density at radius 1 is 1.10 bits per heavy atom. The molecule has 4 heterocycles. The molecule has 7 nitrogen and oxygen atoms in total. The highest BCUT2D eigenvalue weighted by Gasteiger charge is 2.32. The molecule has 39 heavy (non-hydrogen) atoms. The van der Waals surface area contributed by atoms with Crippen molar-refractivity contribution in [3.8, 4) is 22.6 Å². The first-order valence-corrected chi connectivity index (χ1v) is 13.6. The summed E-state index contributed by atoms with van der Waals surface area (Å²) in [6, 6.07) is 8.76.